The van der Waals surface area contributed by atoms with Crippen LogP contribution in [-0.4, -0.2) is 59.2 Å². The maximum Gasteiger partial charge on any atom is 0.317 e. The van der Waals surface area contributed by atoms with Crippen molar-refractivity contribution >= 4 is 30.1 Å². The minimum absolute atomic E-state index is 0. The summed E-state index contributed by atoms with van der Waals surface area (Å²) in [4.78, 5) is 31.4. The minimum atomic E-state index is -0.716. The number of nitrogens with zero attached hydrogens (tertiary/aromatic N) is 3. The van der Waals surface area contributed by atoms with Crippen molar-refractivity contribution in [1.29, 1.82) is 0 Å². The molecule has 0 spiro atoms. The van der Waals surface area contributed by atoms with Crippen molar-refractivity contribution in [2.24, 2.45) is 5.92 Å². The zero-order chi connectivity index (χ0) is 18.4. The highest BCUT2D eigenvalue weighted by atomic mass is 35.5. The quantitative estimate of drug-likeness (QED) is 0.799. The number of carboxylic acid groups (broad SMARTS) is 1. The van der Waals surface area contributed by atoms with Crippen molar-refractivity contribution in [3.8, 4) is 0 Å². The number of carbonyl (C=O) groups excluding carboxylic acids is 1. The normalized spacial score (nSPS) is 22.7. The average Bonchev–Trinajstić information content (AvgIpc) is 2.68. The van der Waals surface area contributed by atoms with Crippen LogP contribution in [0.25, 0.3) is 0 Å². The molecule has 2 amide bonds. The molecule has 0 bridgehead atoms. The van der Waals surface area contributed by atoms with Crippen LogP contribution in [0.3, 0.4) is 0 Å². The van der Waals surface area contributed by atoms with Crippen LogP contribution >= 0.6 is 12.4 Å². The van der Waals surface area contributed by atoms with Crippen molar-refractivity contribution in [3.63, 3.8) is 0 Å². The van der Waals surface area contributed by atoms with Gasteiger partial charge in [-0.25, -0.2) is 4.79 Å². The molecule has 7 nitrogen and oxygen atoms in total. The van der Waals surface area contributed by atoms with Crippen molar-refractivity contribution < 1.29 is 14.7 Å². The fourth-order valence-electron chi connectivity index (χ4n) is 3.91. The molecule has 0 aromatic carbocycles. The third kappa shape index (κ3) is 6.27. The van der Waals surface area contributed by atoms with E-state index in [-0.39, 0.29) is 30.9 Å². The highest BCUT2D eigenvalue weighted by Crippen LogP contribution is 2.28. The summed E-state index contributed by atoms with van der Waals surface area (Å²) in [6, 6.07) is 4.26. The number of hydrogen-bond acceptors (Lipinski definition) is 4. The number of nitrogens with one attached hydrogen (secondary N) is 1. The molecule has 1 aliphatic heterocycles. The summed E-state index contributed by atoms with van der Waals surface area (Å²) < 4.78 is 0. The summed E-state index contributed by atoms with van der Waals surface area (Å²) in [6.07, 6.45) is 8.51. The lowest BCUT2D eigenvalue weighted by molar-refractivity contribution is -0.137. The first-order valence-electron chi connectivity index (χ1n) is 9.54. The van der Waals surface area contributed by atoms with E-state index < -0.39 is 5.97 Å². The van der Waals surface area contributed by atoms with Gasteiger partial charge in [0, 0.05) is 56.7 Å². The van der Waals surface area contributed by atoms with Gasteiger partial charge in [-0.1, -0.05) is 0 Å². The molecule has 1 aliphatic carbocycles. The van der Waals surface area contributed by atoms with Gasteiger partial charge in [0.25, 0.3) is 0 Å². The summed E-state index contributed by atoms with van der Waals surface area (Å²) in [6.45, 7) is 3.11. The molecule has 8 heteroatoms. The minimum Gasteiger partial charge on any atom is -0.481 e. The molecule has 2 N–H and O–H groups in total. The van der Waals surface area contributed by atoms with Gasteiger partial charge in [-0.3, -0.25) is 9.78 Å². The first-order chi connectivity index (χ1) is 12.6. The number of urea groups is 1. The molecule has 2 heterocycles. The monoisotopic (exact) mass is 396 g/mol. The van der Waals surface area contributed by atoms with Crippen LogP contribution in [0, 0.1) is 5.92 Å². The lowest BCUT2D eigenvalue weighted by Gasteiger charge is -2.37. The zero-order valence-corrected chi connectivity index (χ0v) is 16.4. The second-order valence-electron chi connectivity index (χ2n) is 7.28. The maximum atomic E-state index is 12.5. The summed E-state index contributed by atoms with van der Waals surface area (Å²) >= 11 is 0. The van der Waals surface area contributed by atoms with Crippen molar-refractivity contribution in [1.82, 2.24) is 15.2 Å². The molecular formula is C19H29ClN4O3. The number of carbonyl (C=O) groups is 2. The van der Waals surface area contributed by atoms with Crippen LogP contribution in [-0.2, 0) is 4.79 Å². The second-order valence-corrected chi connectivity index (χ2v) is 7.28. The SMILES string of the molecule is Cl.O=C(O)CCC1CCC(NC(=O)N2CCN(c3ccncc3)CC2)CC1. The van der Waals surface area contributed by atoms with Crippen molar-refractivity contribution in [3.05, 3.63) is 24.5 Å². The third-order valence-electron chi connectivity index (χ3n) is 5.54. The molecule has 0 radical (unpaired) electrons. The van der Waals surface area contributed by atoms with E-state index in [2.05, 4.69) is 15.2 Å². The third-order valence-corrected chi connectivity index (χ3v) is 5.54. The Morgan fingerprint density at radius 2 is 1.70 bits per heavy atom. The van der Waals surface area contributed by atoms with Gasteiger partial charge in [0.2, 0.25) is 0 Å². The molecule has 1 saturated heterocycles. The smallest absolute Gasteiger partial charge is 0.317 e. The van der Waals surface area contributed by atoms with Gasteiger partial charge in [0.05, 0.1) is 0 Å². The fourth-order valence-corrected chi connectivity index (χ4v) is 3.91. The van der Waals surface area contributed by atoms with Crippen LogP contribution in [0.4, 0.5) is 10.5 Å². The predicted molar refractivity (Wildman–Crippen MR) is 106 cm³/mol. The Balaban J connectivity index is 0.00000261. The van der Waals surface area contributed by atoms with E-state index in [9.17, 15) is 9.59 Å². The van der Waals surface area contributed by atoms with Crippen LogP contribution < -0.4 is 10.2 Å². The summed E-state index contributed by atoms with van der Waals surface area (Å²) in [7, 11) is 0. The second kappa shape index (κ2) is 10.3. The van der Waals surface area contributed by atoms with Gasteiger partial charge in [0.15, 0.2) is 0 Å². The lowest BCUT2D eigenvalue weighted by atomic mass is 9.83. The molecule has 3 rings (SSSR count). The van der Waals surface area contributed by atoms with E-state index in [4.69, 9.17) is 5.11 Å². The molecule has 2 aliphatic rings. The van der Waals surface area contributed by atoms with Gasteiger partial charge in [0.1, 0.15) is 0 Å². The molecule has 27 heavy (non-hydrogen) atoms. The molecule has 1 saturated carbocycles. The fraction of sp³-hybridized carbons (Fsp3) is 0.632. The van der Waals surface area contributed by atoms with Crippen LogP contribution in [0.2, 0.25) is 0 Å². The number of piperazine rings is 1. The first-order valence-corrected chi connectivity index (χ1v) is 9.54. The number of anilines is 1. The Bertz CT molecular complexity index is 600. The number of rotatable bonds is 5. The van der Waals surface area contributed by atoms with Crippen LogP contribution in [0.15, 0.2) is 24.5 Å². The zero-order valence-electron chi connectivity index (χ0n) is 15.5. The maximum absolute atomic E-state index is 12.5. The number of aliphatic carboxylic acids is 1. The summed E-state index contributed by atoms with van der Waals surface area (Å²) in [5, 5.41) is 12.0. The number of pyridine rings is 1. The van der Waals surface area contributed by atoms with Gasteiger partial charge in [-0.2, -0.15) is 0 Å². The highest BCUT2D eigenvalue weighted by molar-refractivity contribution is 5.85. The van der Waals surface area contributed by atoms with Gasteiger partial charge < -0.3 is 20.2 Å². The number of aromatic nitrogens is 1. The van der Waals surface area contributed by atoms with E-state index in [0.29, 0.717) is 5.92 Å². The molecule has 0 unspecified atom stereocenters. The highest BCUT2D eigenvalue weighted by Gasteiger charge is 2.26. The summed E-state index contributed by atoms with van der Waals surface area (Å²) in [5.74, 6) is -0.227. The first kappa shape index (κ1) is 21.3. The lowest BCUT2D eigenvalue weighted by Crippen LogP contribution is -2.53. The Morgan fingerprint density at radius 3 is 2.30 bits per heavy atom. The standard InChI is InChI=1S/C19H28N4O3.ClH/c24-18(25)6-3-15-1-4-16(5-2-15)21-19(26)23-13-11-22(12-14-23)17-7-9-20-10-8-17;/h7-10,15-16H,1-6,11-14H2,(H,21,26)(H,24,25);1H. The molecule has 1 aromatic rings. The number of carboxylic acids is 1. The molecule has 150 valence electrons. The Kier molecular flexibility index (Phi) is 8.16. The molecule has 2 fully saturated rings. The largest absolute Gasteiger partial charge is 0.481 e. The Labute approximate surface area is 166 Å². The van der Waals surface area contributed by atoms with E-state index in [0.717, 1.165) is 64.0 Å². The Hall–Kier alpha value is -2.02. The summed E-state index contributed by atoms with van der Waals surface area (Å²) in [5.41, 5.74) is 1.15. The topological polar surface area (TPSA) is 85.8 Å². The average molecular weight is 397 g/mol. The number of amides is 2. The Morgan fingerprint density at radius 1 is 1.07 bits per heavy atom. The van der Waals surface area contributed by atoms with E-state index >= 15 is 0 Å². The molecule has 0 atom stereocenters. The van der Waals surface area contributed by atoms with E-state index in [1.165, 1.54) is 0 Å². The van der Waals surface area contributed by atoms with Gasteiger partial charge in [-0.05, 0) is 50.2 Å². The van der Waals surface area contributed by atoms with Gasteiger partial charge >= 0.3 is 12.0 Å². The van der Waals surface area contributed by atoms with Crippen molar-refractivity contribution in [2.45, 2.75) is 44.6 Å². The number of hydrogen-bond donors (Lipinski definition) is 2. The van der Waals surface area contributed by atoms with E-state index in [1.807, 2.05) is 17.0 Å². The van der Waals surface area contributed by atoms with Crippen LogP contribution in [0.5, 0.6) is 0 Å². The van der Waals surface area contributed by atoms with Gasteiger partial charge in [-0.15, -0.1) is 12.4 Å². The number of halogens is 1. The predicted octanol–water partition coefficient (Wildman–Crippen LogP) is 2.76. The molecule has 1 aromatic heterocycles. The van der Waals surface area contributed by atoms with Crippen molar-refractivity contribution in [2.75, 3.05) is 31.1 Å². The van der Waals surface area contributed by atoms with Crippen LogP contribution in [0.1, 0.15) is 38.5 Å². The molecular weight excluding hydrogens is 368 g/mol. The van der Waals surface area contributed by atoms with E-state index in [1.54, 1.807) is 12.4 Å².